The molecule has 1 saturated heterocycles. The summed E-state index contributed by atoms with van der Waals surface area (Å²) in [6.07, 6.45) is 3.55. The lowest BCUT2D eigenvalue weighted by atomic mass is 10.1. The molecule has 0 saturated carbocycles. The molecule has 2 aromatic heterocycles. The molecule has 8 nitrogen and oxygen atoms in total. The molecule has 1 aliphatic heterocycles. The van der Waals surface area contributed by atoms with Crippen molar-refractivity contribution in [1.29, 1.82) is 0 Å². The fraction of sp³-hybridized carbons (Fsp3) is 0.250. The van der Waals surface area contributed by atoms with E-state index in [1.807, 2.05) is 6.07 Å². The summed E-state index contributed by atoms with van der Waals surface area (Å²) in [4.78, 5) is 24.9. The molecule has 1 N–H and O–H groups in total. The summed E-state index contributed by atoms with van der Waals surface area (Å²) in [6, 6.07) is 11.3. The summed E-state index contributed by atoms with van der Waals surface area (Å²) in [5.41, 5.74) is 0.604. The summed E-state index contributed by atoms with van der Waals surface area (Å²) in [7, 11) is 0. The van der Waals surface area contributed by atoms with Crippen molar-refractivity contribution in [2.45, 2.75) is 6.42 Å². The summed E-state index contributed by atoms with van der Waals surface area (Å²) in [5, 5.41) is 11.0. The molecule has 0 atom stereocenters. The second kappa shape index (κ2) is 8.59. The van der Waals surface area contributed by atoms with Crippen LogP contribution in [0.25, 0.3) is 0 Å². The number of aromatic nitrogens is 4. The number of amides is 1. The summed E-state index contributed by atoms with van der Waals surface area (Å²) >= 11 is 0. The lowest BCUT2D eigenvalue weighted by molar-refractivity contribution is -0.115. The van der Waals surface area contributed by atoms with Crippen molar-refractivity contribution in [2.24, 2.45) is 0 Å². The molecule has 0 aliphatic carbocycles. The van der Waals surface area contributed by atoms with Gasteiger partial charge in [0.25, 0.3) is 0 Å². The molecule has 4 rings (SSSR count). The summed E-state index contributed by atoms with van der Waals surface area (Å²) in [5.74, 6) is 1.22. The van der Waals surface area contributed by atoms with Gasteiger partial charge in [0.1, 0.15) is 5.82 Å². The van der Waals surface area contributed by atoms with Gasteiger partial charge in [-0.15, -0.1) is 10.2 Å². The van der Waals surface area contributed by atoms with E-state index in [0.717, 1.165) is 37.9 Å². The van der Waals surface area contributed by atoms with Gasteiger partial charge in [-0.3, -0.25) is 4.79 Å². The highest BCUT2D eigenvalue weighted by Crippen LogP contribution is 2.16. The topological polar surface area (TPSA) is 87.1 Å². The highest BCUT2D eigenvalue weighted by Gasteiger charge is 2.20. The SMILES string of the molecule is O=C(Cc1cccc(F)c1)Nc1ccc(N2CCN(c3ncccn3)CC2)nn1. The van der Waals surface area contributed by atoms with Crippen molar-refractivity contribution in [3.05, 3.63) is 66.2 Å². The average molecular weight is 393 g/mol. The molecule has 29 heavy (non-hydrogen) atoms. The predicted octanol–water partition coefficient (Wildman–Crippen LogP) is 1.91. The van der Waals surface area contributed by atoms with E-state index in [-0.39, 0.29) is 18.1 Å². The van der Waals surface area contributed by atoms with Gasteiger partial charge in [-0.1, -0.05) is 12.1 Å². The van der Waals surface area contributed by atoms with Gasteiger partial charge in [0, 0.05) is 38.6 Å². The molecule has 3 aromatic rings. The maximum atomic E-state index is 13.2. The molecule has 3 heterocycles. The Morgan fingerprint density at radius 2 is 1.72 bits per heavy atom. The molecule has 1 aromatic carbocycles. The van der Waals surface area contributed by atoms with E-state index in [4.69, 9.17) is 0 Å². The van der Waals surface area contributed by atoms with Crippen molar-refractivity contribution in [1.82, 2.24) is 20.2 Å². The van der Waals surface area contributed by atoms with E-state index in [1.165, 1.54) is 12.1 Å². The second-order valence-corrected chi connectivity index (χ2v) is 6.65. The molecular formula is C20H20FN7O. The third kappa shape index (κ3) is 4.81. The van der Waals surface area contributed by atoms with Gasteiger partial charge in [0.05, 0.1) is 6.42 Å². The van der Waals surface area contributed by atoms with Gasteiger partial charge in [-0.05, 0) is 35.9 Å². The first-order valence-electron chi connectivity index (χ1n) is 9.32. The number of carbonyl (C=O) groups excluding carboxylic acids is 1. The first-order chi connectivity index (χ1) is 14.2. The van der Waals surface area contributed by atoms with Crippen molar-refractivity contribution >= 4 is 23.5 Å². The number of hydrogen-bond acceptors (Lipinski definition) is 7. The van der Waals surface area contributed by atoms with Crippen LogP contribution in [0.4, 0.5) is 22.0 Å². The quantitative estimate of drug-likeness (QED) is 0.709. The van der Waals surface area contributed by atoms with E-state index < -0.39 is 0 Å². The number of benzene rings is 1. The fourth-order valence-electron chi connectivity index (χ4n) is 3.17. The lowest BCUT2D eigenvalue weighted by Crippen LogP contribution is -2.47. The molecule has 0 bridgehead atoms. The Morgan fingerprint density at radius 1 is 0.966 bits per heavy atom. The molecule has 0 radical (unpaired) electrons. The second-order valence-electron chi connectivity index (χ2n) is 6.65. The zero-order valence-electron chi connectivity index (χ0n) is 15.7. The van der Waals surface area contributed by atoms with Crippen LogP contribution in [-0.4, -0.2) is 52.3 Å². The third-order valence-electron chi connectivity index (χ3n) is 4.61. The number of nitrogens with zero attached hydrogens (tertiary/aromatic N) is 6. The maximum Gasteiger partial charge on any atom is 0.229 e. The largest absolute Gasteiger partial charge is 0.352 e. The molecule has 148 valence electrons. The zero-order chi connectivity index (χ0) is 20.1. The number of halogens is 1. The Morgan fingerprint density at radius 3 is 2.41 bits per heavy atom. The maximum absolute atomic E-state index is 13.2. The average Bonchev–Trinajstić information content (AvgIpc) is 2.75. The Labute approximate surface area is 167 Å². The number of piperazine rings is 1. The van der Waals surface area contributed by atoms with Gasteiger partial charge in [0.2, 0.25) is 11.9 Å². The molecule has 1 aliphatic rings. The molecule has 1 amide bonds. The van der Waals surface area contributed by atoms with Crippen molar-refractivity contribution in [3.63, 3.8) is 0 Å². The minimum absolute atomic E-state index is 0.0741. The number of hydrogen-bond donors (Lipinski definition) is 1. The predicted molar refractivity (Wildman–Crippen MR) is 107 cm³/mol. The smallest absolute Gasteiger partial charge is 0.229 e. The van der Waals surface area contributed by atoms with E-state index >= 15 is 0 Å². The highest BCUT2D eigenvalue weighted by atomic mass is 19.1. The molecule has 9 heteroatoms. The van der Waals surface area contributed by atoms with Gasteiger partial charge in [0.15, 0.2) is 11.6 Å². The van der Waals surface area contributed by atoms with Crippen LogP contribution in [0.5, 0.6) is 0 Å². The van der Waals surface area contributed by atoms with Gasteiger partial charge in [-0.2, -0.15) is 0 Å². The normalized spacial score (nSPS) is 14.0. The number of carbonyl (C=O) groups is 1. The Bertz CT molecular complexity index is 960. The Kier molecular flexibility index (Phi) is 5.55. The standard InChI is InChI=1S/C20H20FN7O/c21-16-4-1-3-15(13-16)14-19(29)24-17-5-6-18(26-25-17)27-9-11-28(12-10-27)20-22-7-2-8-23-20/h1-8,13H,9-12,14H2,(H,24,25,29). The first-order valence-corrected chi connectivity index (χ1v) is 9.32. The third-order valence-corrected chi connectivity index (χ3v) is 4.61. The molecular weight excluding hydrogens is 373 g/mol. The van der Waals surface area contributed by atoms with Gasteiger partial charge >= 0.3 is 0 Å². The Balaban J connectivity index is 1.31. The van der Waals surface area contributed by atoms with Crippen LogP contribution >= 0.6 is 0 Å². The van der Waals surface area contributed by atoms with E-state index in [9.17, 15) is 9.18 Å². The van der Waals surface area contributed by atoms with Crippen LogP contribution in [0.15, 0.2) is 54.9 Å². The number of anilines is 3. The molecule has 0 unspecified atom stereocenters. The fourth-order valence-corrected chi connectivity index (χ4v) is 3.17. The van der Waals surface area contributed by atoms with Crippen LogP contribution in [0, 0.1) is 5.82 Å². The first kappa shape index (κ1) is 18.7. The van der Waals surface area contributed by atoms with Crippen LogP contribution < -0.4 is 15.1 Å². The van der Waals surface area contributed by atoms with E-state index in [0.29, 0.717) is 11.4 Å². The van der Waals surface area contributed by atoms with Crippen LogP contribution in [0.1, 0.15) is 5.56 Å². The monoisotopic (exact) mass is 393 g/mol. The Hall–Kier alpha value is -3.62. The van der Waals surface area contributed by atoms with E-state index in [1.54, 1.807) is 36.7 Å². The van der Waals surface area contributed by atoms with E-state index in [2.05, 4.69) is 35.3 Å². The number of rotatable bonds is 5. The zero-order valence-corrected chi connectivity index (χ0v) is 15.7. The number of nitrogens with one attached hydrogen (secondary N) is 1. The summed E-state index contributed by atoms with van der Waals surface area (Å²) in [6.45, 7) is 3.13. The minimum atomic E-state index is -0.363. The van der Waals surface area contributed by atoms with Crippen molar-refractivity contribution in [3.8, 4) is 0 Å². The molecule has 1 fully saturated rings. The van der Waals surface area contributed by atoms with Gasteiger partial charge in [-0.25, -0.2) is 14.4 Å². The minimum Gasteiger partial charge on any atom is -0.352 e. The van der Waals surface area contributed by atoms with Crippen LogP contribution in [0.2, 0.25) is 0 Å². The van der Waals surface area contributed by atoms with Crippen LogP contribution in [0.3, 0.4) is 0 Å². The molecule has 0 spiro atoms. The van der Waals surface area contributed by atoms with Gasteiger partial charge < -0.3 is 15.1 Å². The summed E-state index contributed by atoms with van der Waals surface area (Å²) < 4.78 is 13.2. The lowest BCUT2D eigenvalue weighted by Gasteiger charge is -2.35. The van der Waals surface area contributed by atoms with Crippen LogP contribution in [-0.2, 0) is 11.2 Å². The van der Waals surface area contributed by atoms with Crippen molar-refractivity contribution in [2.75, 3.05) is 41.3 Å². The van der Waals surface area contributed by atoms with Crippen molar-refractivity contribution < 1.29 is 9.18 Å². The highest BCUT2D eigenvalue weighted by molar-refractivity contribution is 5.91.